The summed E-state index contributed by atoms with van der Waals surface area (Å²) in [4.78, 5) is 32.3. The zero-order chi connectivity index (χ0) is 20.3. The van der Waals surface area contributed by atoms with Crippen LogP contribution in [0.25, 0.3) is 0 Å². The summed E-state index contributed by atoms with van der Waals surface area (Å²) >= 11 is 0. The summed E-state index contributed by atoms with van der Waals surface area (Å²) < 4.78 is 7.15. The minimum absolute atomic E-state index is 0.0462. The monoisotopic (exact) mass is 404 g/mol. The van der Waals surface area contributed by atoms with E-state index in [0.717, 1.165) is 41.6 Å². The highest BCUT2D eigenvalue weighted by molar-refractivity contribution is 5.98. The maximum Gasteiger partial charge on any atom is 0.253 e. The molecule has 1 spiro atoms. The van der Waals surface area contributed by atoms with Crippen molar-refractivity contribution in [1.82, 2.24) is 14.7 Å². The molecule has 0 atom stereocenters. The number of fused-ring (bicyclic) bond motifs is 2. The van der Waals surface area contributed by atoms with Gasteiger partial charge in [0.05, 0.1) is 32.0 Å². The van der Waals surface area contributed by atoms with Gasteiger partial charge in [-0.05, 0) is 47.9 Å². The number of nitrogens with zero attached hydrogens (tertiary/aromatic N) is 4. The molecule has 2 saturated heterocycles. The number of amides is 1. The van der Waals surface area contributed by atoms with Crippen LogP contribution in [0.3, 0.4) is 0 Å². The second-order valence-electron chi connectivity index (χ2n) is 9.11. The number of carbonyl (C=O) groups excluding carboxylic acids is 2. The van der Waals surface area contributed by atoms with Gasteiger partial charge in [-0.2, -0.15) is 5.10 Å². The van der Waals surface area contributed by atoms with E-state index < -0.39 is 0 Å². The number of likely N-dealkylation sites (tertiary alicyclic amines) is 1. The third-order valence-corrected chi connectivity index (χ3v) is 7.20. The summed E-state index contributed by atoms with van der Waals surface area (Å²) in [5.41, 5.74) is 4.76. The van der Waals surface area contributed by atoms with Crippen molar-refractivity contribution in [2.45, 2.75) is 38.3 Å². The standard InChI is InChI=1S/C23H24N4O3/c28-20-9-23(8-18-12-25-27(21(18)20)19-13-30-14-19)3-5-26(6-4-23)22(29)15-1-2-16-10-24-11-17(16)7-15/h1-2,7,11-12,19H,3-6,8-10,13-14H2. The quantitative estimate of drug-likeness (QED) is 0.770. The smallest absolute Gasteiger partial charge is 0.253 e. The normalized spacial score (nSPS) is 22.1. The average Bonchev–Trinajstić information content (AvgIpc) is 3.33. The maximum atomic E-state index is 13.0. The van der Waals surface area contributed by atoms with Crippen LogP contribution in [-0.2, 0) is 17.7 Å². The van der Waals surface area contributed by atoms with Gasteiger partial charge in [-0.1, -0.05) is 6.07 Å². The molecule has 0 saturated carbocycles. The van der Waals surface area contributed by atoms with E-state index in [2.05, 4.69) is 10.1 Å². The number of piperidine rings is 1. The van der Waals surface area contributed by atoms with E-state index in [0.29, 0.717) is 39.3 Å². The molecule has 1 aromatic carbocycles. The number of hydrogen-bond donors (Lipinski definition) is 0. The lowest BCUT2D eigenvalue weighted by molar-refractivity contribution is -0.0297. The van der Waals surface area contributed by atoms with E-state index in [-0.39, 0.29) is 23.1 Å². The Kier molecular flexibility index (Phi) is 3.96. The SMILES string of the molecule is O=C1CC2(CCN(C(=O)c3ccc4c(c3)C=NC4)CC2)Cc2cnn(C3COC3)c21. The Hall–Kier alpha value is -2.80. The number of aliphatic imine (C=N–C) groups is 1. The summed E-state index contributed by atoms with van der Waals surface area (Å²) in [5, 5.41) is 4.50. The van der Waals surface area contributed by atoms with Crippen LogP contribution in [0.1, 0.15) is 62.8 Å². The molecular weight excluding hydrogens is 380 g/mol. The summed E-state index contributed by atoms with van der Waals surface area (Å²) in [7, 11) is 0. The molecule has 2 aromatic rings. The third-order valence-electron chi connectivity index (χ3n) is 7.20. The van der Waals surface area contributed by atoms with E-state index in [1.165, 1.54) is 5.56 Å². The maximum absolute atomic E-state index is 13.0. The van der Waals surface area contributed by atoms with Crippen molar-refractivity contribution in [2.24, 2.45) is 10.4 Å². The predicted octanol–water partition coefficient (Wildman–Crippen LogP) is 2.44. The molecule has 1 aromatic heterocycles. The molecule has 7 heteroatoms. The van der Waals surface area contributed by atoms with Gasteiger partial charge in [-0.3, -0.25) is 19.3 Å². The third kappa shape index (κ3) is 2.75. The zero-order valence-corrected chi connectivity index (χ0v) is 16.8. The Morgan fingerprint density at radius 3 is 2.73 bits per heavy atom. The van der Waals surface area contributed by atoms with E-state index in [1.807, 2.05) is 40.2 Å². The number of benzene rings is 1. The Balaban J connectivity index is 1.17. The van der Waals surface area contributed by atoms with Gasteiger partial charge in [0.1, 0.15) is 5.69 Å². The number of rotatable bonds is 2. The van der Waals surface area contributed by atoms with Crippen LogP contribution < -0.4 is 0 Å². The number of carbonyl (C=O) groups is 2. The van der Waals surface area contributed by atoms with E-state index in [1.54, 1.807) is 0 Å². The molecule has 4 heterocycles. The average molecular weight is 404 g/mol. The van der Waals surface area contributed by atoms with Gasteiger partial charge in [-0.25, -0.2) is 0 Å². The van der Waals surface area contributed by atoms with Crippen molar-refractivity contribution >= 4 is 17.9 Å². The fraction of sp³-hybridized carbons (Fsp3) is 0.478. The lowest BCUT2D eigenvalue weighted by Crippen LogP contribution is -2.46. The number of Topliss-reactive ketones (excluding diaryl/α,β-unsaturated/α-hetero) is 1. The molecule has 2 fully saturated rings. The molecule has 3 aliphatic heterocycles. The van der Waals surface area contributed by atoms with Gasteiger partial charge in [0.25, 0.3) is 5.91 Å². The Morgan fingerprint density at radius 1 is 1.13 bits per heavy atom. The lowest BCUT2D eigenvalue weighted by atomic mass is 9.67. The second-order valence-corrected chi connectivity index (χ2v) is 9.11. The summed E-state index contributed by atoms with van der Waals surface area (Å²) in [6.07, 6.45) is 6.85. The molecule has 0 bridgehead atoms. The first-order valence-corrected chi connectivity index (χ1v) is 10.7. The number of ether oxygens (including phenoxy) is 1. The Labute approximate surface area is 174 Å². The fourth-order valence-electron chi connectivity index (χ4n) is 5.32. The van der Waals surface area contributed by atoms with Crippen molar-refractivity contribution in [2.75, 3.05) is 26.3 Å². The first kappa shape index (κ1) is 18.0. The van der Waals surface area contributed by atoms with Crippen LogP contribution in [-0.4, -0.2) is 58.9 Å². The molecule has 0 radical (unpaired) electrons. The van der Waals surface area contributed by atoms with Gasteiger partial charge in [0, 0.05) is 36.9 Å². The van der Waals surface area contributed by atoms with Crippen molar-refractivity contribution in [1.29, 1.82) is 0 Å². The molecule has 7 nitrogen and oxygen atoms in total. The predicted molar refractivity (Wildman–Crippen MR) is 110 cm³/mol. The first-order valence-electron chi connectivity index (χ1n) is 10.7. The molecular formula is C23H24N4O3. The number of ketones is 1. The molecule has 1 aliphatic carbocycles. The second kappa shape index (κ2) is 6.60. The Morgan fingerprint density at radius 2 is 1.97 bits per heavy atom. The molecule has 30 heavy (non-hydrogen) atoms. The zero-order valence-electron chi connectivity index (χ0n) is 16.8. The van der Waals surface area contributed by atoms with Gasteiger partial charge in [0.2, 0.25) is 0 Å². The van der Waals surface area contributed by atoms with Gasteiger partial charge in [0.15, 0.2) is 5.78 Å². The van der Waals surface area contributed by atoms with Crippen molar-refractivity contribution < 1.29 is 14.3 Å². The molecule has 4 aliphatic rings. The van der Waals surface area contributed by atoms with Crippen molar-refractivity contribution in [3.05, 3.63) is 52.3 Å². The van der Waals surface area contributed by atoms with Crippen LogP contribution in [0.4, 0.5) is 0 Å². The highest BCUT2D eigenvalue weighted by atomic mass is 16.5. The highest BCUT2D eigenvalue weighted by Crippen LogP contribution is 2.44. The summed E-state index contributed by atoms with van der Waals surface area (Å²) in [6, 6.07) is 6.07. The lowest BCUT2D eigenvalue weighted by Gasteiger charge is -2.43. The molecule has 6 rings (SSSR count). The molecule has 0 unspecified atom stereocenters. The highest BCUT2D eigenvalue weighted by Gasteiger charge is 2.44. The van der Waals surface area contributed by atoms with Crippen LogP contribution in [0.15, 0.2) is 29.4 Å². The Bertz CT molecular complexity index is 1070. The van der Waals surface area contributed by atoms with Gasteiger partial charge in [-0.15, -0.1) is 0 Å². The minimum Gasteiger partial charge on any atom is -0.377 e. The van der Waals surface area contributed by atoms with Crippen molar-refractivity contribution in [3.8, 4) is 0 Å². The van der Waals surface area contributed by atoms with E-state index >= 15 is 0 Å². The van der Waals surface area contributed by atoms with Gasteiger partial charge < -0.3 is 9.64 Å². The minimum atomic E-state index is -0.0462. The first-order chi connectivity index (χ1) is 14.6. The number of aromatic nitrogens is 2. The van der Waals surface area contributed by atoms with Crippen LogP contribution >= 0.6 is 0 Å². The molecule has 1 amide bonds. The van der Waals surface area contributed by atoms with E-state index in [9.17, 15) is 9.59 Å². The summed E-state index contributed by atoms with van der Waals surface area (Å²) in [5.74, 6) is 0.270. The summed E-state index contributed by atoms with van der Waals surface area (Å²) in [6.45, 7) is 3.36. The van der Waals surface area contributed by atoms with Crippen LogP contribution in [0, 0.1) is 5.41 Å². The number of hydrogen-bond acceptors (Lipinski definition) is 5. The van der Waals surface area contributed by atoms with Crippen LogP contribution in [0.5, 0.6) is 0 Å². The van der Waals surface area contributed by atoms with Crippen molar-refractivity contribution in [3.63, 3.8) is 0 Å². The van der Waals surface area contributed by atoms with Crippen LogP contribution in [0.2, 0.25) is 0 Å². The van der Waals surface area contributed by atoms with Gasteiger partial charge >= 0.3 is 0 Å². The molecule has 154 valence electrons. The topological polar surface area (TPSA) is 76.8 Å². The fourth-order valence-corrected chi connectivity index (χ4v) is 5.32. The van der Waals surface area contributed by atoms with E-state index in [4.69, 9.17) is 4.74 Å². The largest absolute Gasteiger partial charge is 0.377 e. The molecule has 0 N–H and O–H groups in total.